The lowest BCUT2D eigenvalue weighted by molar-refractivity contribution is -0.118. The minimum absolute atomic E-state index is 0.146. The molecule has 1 amide bonds. The molecular weight excluding hydrogens is 221 g/mol. The van der Waals surface area contributed by atoms with Gasteiger partial charge in [-0.05, 0) is 24.6 Å². The van der Waals surface area contributed by atoms with Gasteiger partial charge in [-0.25, -0.2) is 4.39 Å². The van der Waals surface area contributed by atoms with Crippen LogP contribution in [0.4, 0.5) is 10.1 Å². The fraction of sp³-hybridized carbons (Fsp3) is 0.250. The van der Waals surface area contributed by atoms with Crippen molar-refractivity contribution in [1.82, 2.24) is 0 Å². The number of benzene rings is 1. The van der Waals surface area contributed by atoms with Gasteiger partial charge >= 0.3 is 0 Å². The summed E-state index contributed by atoms with van der Waals surface area (Å²) in [6.07, 6.45) is 0.397. The zero-order valence-electron chi connectivity index (χ0n) is 9.20. The van der Waals surface area contributed by atoms with Crippen molar-refractivity contribution in [3.8, 4) is 12.1 Å². The number of amides is 1. The van der Waals surface area contributed by atoms with Crippen molar-refractivity contribution in [2.24, 2.45) is 5.92 Å². The van der Waals surface area contributed by atoms with Gasteiger partial charge < -0.3 is 5.32 Å². The van der Waals surface area contributed by atoms with E-state index in [-0.39, 0.29) is 5.56 Å². The Labute approximate surface area is 98.3 Å². The normalized spacial score (nSPS) is 11.1. The van der Waals surface area contributed by atoms with E-state index in [1.807, 2.05) is 6.07 Å². The molecule has 0 aromatic heterocycles. The third kappa shape index (κ3) is 3.02. The maximum absolute atomic E-state index is 13.0. The highest BCUT2D eigenvalue weighted by atomic mass is 19.1. The number of rotatable bonds is 3. The van der Waals surface area contributed by atoms with Gasteiger partial charge in [-0.2, -0.15) is 10.5 Å². The third-order valence-electron chi connectivity index (χ3n) is 2.23. The van der Waals surface area contributed by atoms with Crippen molar-refractivity contribution in [1.29, 1.82) is 10.5 Å². The second-order valence-corrected chi connectivity index (χ2v) is 3.39. The lowest BCUT2D eigenvalue weighted by Gasteiger charge is -2.08. The number of halogens is 1. The summed E-state index contributed by atoms with van der Waals surface area (Å²) < 4.78 is 13.0. The highest BCUT2D eigenvalue weighted by molar-refractivity contribution is 5.94. The fourth-order valence-electron chi connectivity index (χ4n) is 1.25. The van der Waals surface area contributed by atoms with Crippen LogP contribution < -0.4 is 5.32 Å². The minimum Gasteiger partial charge on any atom is -0.325 e. The zero-order chi connectivity index (χ0) is 12.8. The fourth-order valence-corrected chi connectivity index (χ4v) is 1.25. The Balaban J connectivity index is 2.87. The molecule has 0 heterocycles. The minimum atomic E-state index is -0.745. The Morgan fingerprint density at radius 2 is 2.24 bits per heavy atom. The van der Waals surface area contributed by atoms with E-state index < -0.39 is 17.6 Å². The maximum atomic E-state index is 13.0. The van der Waals surface area contributed by atoms with Gasteiger partial charge in [0.2, 0.25) is 5.91 Å². The number of nitrogens with zero attached hydrogens (tertiary/aromatic N) is 2. The zero-order valence-corrected chi connectivity index (χ0v) is 9.20. The van der Waals surface area contributed by atoms with Crippen LogP contribution in [0, 0.1) is 34.4 Å². The lowest BCUT2D eigenvalue weighted by atomic mass is 10.1. The van der Waals surface area contributed by atoms with E-state index in [1.165, 1.54) is 12.1 Å². The molecule has 1 unspecified atom stereocenters. The van der Waals surface area contributed by atoms with Gasteiger partial charge in [0, 0.05) is 5.69 Å². The lowest BCUT2D eigenvalue weighted by Crippen LogP contribution is -2.20. The molecule has 0 radical (unpaired) electrons. The standard InChI is InChI=1S/C12H10FN3O/c1-2-8(6-14)12(17)16-10-3-4-11(13)9(5-10)7-15/h3-5,8H,2H2,1H3,(H,16,17). The largest absolute Gasteiger partial charge is 0.325 e. The van der Waals surface area contributed by atoms with E-state index in [2.05, 4.69) is 5.32 Å². The van der Waals surface area contributed by atoms with Crippen molar-refractivity contribution in [3.63, 3.8) is 0 Å². The summed E-state index contributed by atoms with van der Waals surface area (Å²) >= 11 is 0. The summed E-state index contributed by atoms with van der Waals surface area (Å²) in [6.45, 7) is 1.72. The second-order valence-electron chi connectivity index (χ2n) is 3.39. The molecule has 0 aliphatic rings. The first-order chi connectivity index (χ1) is 8.12. The van der Waals surface area contributed by atoms with E-state index >= 15 is 0 Å². The molecule has 17 heavy (non-hydrogen) atoms. The first-order valence-electron chi connectivity index (χ1n) is 5.02. The van der Waals surface area contributed by atoms with E-state index in [0.29, 0.717) is 12.1 Å². The molecule has 1 rings (SSSR count). The molecular formula is C12H10FN3O. The summed E-state index contributed by atoms with van der Waals surface area (Å²) in [5.41, 5.74) is 0.162. The first kappa shape index (κ1) is 12.7. The molecule has 86 valence electrons. The van der Waals surface area contributed by atoms with Gasteiger partial charge in [0.15, 0.2) is 0 Å². The number of hydrogen-bond acceptors (Lipinski definition) is 3. The Morgan fingerprint density at radius 3 is 2.76 bits per heavy atom. The Bertz CT molecular complexity index is 513. The van der Waals surface area contributed by atoms with Crippen molar-refractivity contribution in [2.75, 3.05) is 5.32 Å². The number of carbonyl (C=O) groups excluding carboxylic acids is 1. The van der Waals surface area contributed by atoms with Crippen LogP contribution >= 0.6 is 0 Å². The number of carbonyl (C=O) groups is 1. The van der Waals surface area contributed by atoms with E-state index in [4.69, 9.17) is 10.5 Å². The van der Waals surface area contributed by atoms with Crippen LogP contribution in [0.5, 0.6) is 0 Å². The summed E-state index contributed by atoms with van der Waals surface area (Å²) in [5.74, 6) is -1.84. The van der Waals surface area contributed by atoms with Crippen LogP contribution in [0.1, 0.15) is 18.9 Å². The predicted octanol–water partition coefficient (Wildman–Crippen LogP) is 2.19. The number of hydrogen-bond donors (Lipinski definition) is 1. The molecule has 1 atom stereocenters. The van der Waals surface area contributed by atoms with Gasteiger partial charge in [-0.15, -0.1) is 0 Å². The van der Waals surface area contributed by atoms with E-state index in [1.54, 1.807) is 13.0 Å². The molecule has 0 saturated carbocycles. The van der Waals surface area contributed by atoms with Crippen molar-refractivity contribution >= 4 is 11.6 Å². The molecule has 0 fully saturated rings. The first-order valence-corrected chi connectivity index (χ1v) is 5.02. The van der Waals surface area contributed by atoms with Gasteiger partial charge in [0.25, 0.3) is 0 Å². The molecule has 0 saturated heterocycles. The second kappa shape index (κ2) is 5.62. The van der Waals surface area contributed by atoms with Crippen molar-refractivity contribution in [2.45, 2.75) is 13.3 Å². The number of nitriles is 2. The molecule has 1 aromatic rings. The van der Waals surface area contributed by atoms with Crippen molar-refractivity contribution in [3.05, 3.63) is 29.6 Å². The average Bonchev–Trinajstić information content (AvgIpc) is 2.33. The number of anilines is 1. The van der Waals surface area contributed by atoms with Crippen LogP contribution in [0.3, 0.4) is 0 Å². The molecule has 1 N–H and O–H groups in total. The van der Waals surface area contributed by atoms with Gasteiger partial charge in [0.05, 0.1) is 11.6 Å². The number of nitrogens with one attached hydrogen (secondary N) is 1. The highest BCUT2D eigenvalue weighted by Gasteiger charge is 2.15. The van der Waals surface area contributed by atoms with Gasteiger partial charge in [-0.3, -0.25) is 4.79 Å². The van der Waals surface area contributed by atoms with Crippen LogP contribution in [-0.2, 0) is 4.79 Å². The van der Waals surface area contributed by atoms with E-state index in [9.17, 15) is 9.18 Å². The quantitative estimate of drug-likeness (QED) is 0.866. The third-order valence-corrected chi connectivity index (χ3v) is 2.23. The summed E-state index contributed by atoms with van der Waals surface area (Å²) in [7, 11) is 0. The summed E-state index contributed by atoms with van der Waals surface area (Å²) in [5, 5.41) is 19.8. The van der Waals surface area contributed by atoms with E-state index in [0.717, 1.165) is 6.07 Å². The molecule has 0 aliphatic carbocycles. The Kier molecular flexibility index (Phi) is 4.19. The van der Waals surface area contributed by atoms with Gasteiger partial charge in [-0.1, -0.05) is 6.92 Å². The Hall–Kier alpha value is -2.40. The van der Waals surface area contributed by atoms with Crippen molar-refractivity contribution < 1.29 is 9.18 Å². The summed E-state index contributed by atoms with van der Waals surface area (Å²) in [6, 6.07) is 7.21. The molecule has 0 bridgehead atoms. The topological polar surface area (TPSA) is 76.7 Å². The smallest absolute Gasteiger partial charge is 0.241 e. The van der Waals surface area contributed by atoms with Crippen LogP contribution in [0.2, 0.25) is 0 Å². The molecule has 4 nitrogen and oxygen atoms in total. The highest BCUT2D eigenvalue weighted by Crippen LogP contribution is 2.15. The SMILES string of the molecule is CCC(C#N)C(=O)Nc1ccc(F)c(C#N)c1. The van der Waals surface area contributed by atoms with Crippen LogP contribution in [-0.4, -0.2) is 5.91 Å². The monoisotopic (exact) mass is 231 g/mol. The molecule has 0 aliphatic heterocycles. The maximum Gasteiger partial charge on any atom is 0.241 e. The molecule has 5 heteroatoms. The van der Waals surface area contributed by atoms with Crippen LogP contribution in [0.15, 0.2) is 18.2 Å². The average molecular weight is 231 g/mol. The Morgan fingerprint density at radius 1 is 1.53 bits per heavy atom. The predicted molar refractivity (Wildman–Crippen MR) is 59.1 cm³/mol. The molecule has 1 aromatic carbocycles. The van der Waals surface area contributed by atoms with Crippen LogP contribution in [0.25, 0.3) is 0 Å². The molecule has 0 spiro atoms. The van der Waals surface area contributed by atoms with Gasteiger partial charge in [0.1, 0.15) is 17.8 Å². The summed E-state index contributed by atoms with van der Waals surface area (Å²) in [4.78, 5) is 11.5.